The average Bonchev–Trinajstić information content (AvgIpc) is 2.79. The van der Waals surface area contributed by atoms with Gasteiger partial charge in [0.05, 0.1) is 0 Å². The van der Waals surface area contributed by atoms with Gasteiger partial charge in [-0.05, 0) is 37.8 Å². The molecule has 1 aliphatic heterocycles. The molecule has 2 heterocycles. The highest BCUT2D eigenvalue weighted by Gasteiger charge is 2.49. The van der Waals surface area contributed by atoms with E-state index in [1.54, 1.807) is 0 Å². The van der Waals surface area contributed by atoms with Crippen molar-refractivity contribution >= 4 is 6.03 Å². The normalized spacial score (nSPS) is 22.7. The van der Waals surface area contributed by atoms with E-state index in [-0.39, 0.29) is 17.5 Å². The van der Waals surface area contributed by atoms with E-state index < -0.39 is 0 Å². The molecule has 1 aliphatic carbocycles. The van der Waals surface area contributed by atoms with Crippen LogP contribution in [0.3, 0.4) is 0 Å². The highest BCUT2D eigenvalue weighted by atomic mass is 16.2. The summed E-state index contributed by atoms with van der Waals surface area (Å²) in [6.07, 6.45) is 6.24. The van der Waals surface area contributed by atoms with E-state index in [1.165, 1.54) is 30.4 Å². The van der Waals surface area contributed by atoms with E-state index >= 15 is 0 Å². The summed E-state index contributed by atoms with van der Waals surface area (Å²) in [5, 5.41) is 3.01. The number of hydrogen-bond acceptors (Lipinski definition) is 3. The van der Waals surface area contributed by atoms with E-state index in [9.17, 15) is 4.79 Å². The molecule has 5 nitrogen and oxygen atoms in total. The van der Waals surface area contributed by atoms with E-state index in [0.29, 0.717) is 13.1 Å². The summed E-state index contributed by atoms with van der Waals surface area (Å²) in [4.78, 5) is 18.6. The van der Waals surface area contributed by atoms with Crippen LogP contribution < -0.4 is 11.1 Å². The number of amides is 2. The van der Waals surface area contributed by atoms with Gasteiger partial charge < -0.3 is 16.0 Å². The average molecular weight is 302 g/mol. The summed E-state index contributed by atoms with van der Waals surface area (Å²) >= 11 is 0. The number of likely N-dealkylation sites (tertiary alicyclic amines) is 1. The van der Waals surface area contributed by atoms with Gasteiger partial charge in [-0.2, -0.15) is 0 Å². The predicted molar refractivity (Wildman–Crippen MR) is 86.6 cm³/mol. The number of pyridine rings is 1. The van der Waals surface area contributed by atoms with Gasteiger partial charge in [0.25, 0.3) is 0 Å². The number of nitrogens with two attached hydrogens (primary N) is 1. The summed E-state index contributed by atoms with van der Waals surface area (Å²) in [7, 11) is 0. The highest BCUT2D eigenvalue weighted by Crippen LogP contribution is 2.47. The number of nitrogens with one attached hydrogen (secondary N) is 1. The summed E-state index contributed by atoms with van der Waals surface area (Å²) in [5.41, 5.74) is 9.85. The lowest BCUT2D eigenvalue weighted by molar-refractivity contribution is 0.125. The fourth-order valence-electron chi connectivity index (χ4n) is 3.71. The van der Waals surface area contributed by atoms with Gasteiger partial charge in [-0.3, -0.25) is 4.98 Å². The summed E-state index contributed by atoms with van der Waals surface area (Å²) in [6, 6.07) is 2.29. The molecule has 1 aromatic heterocycles. The maximum Gasteiger partial charge on any atom is 0.317 e. The monoisotopic (exact) mass is 302 g/mol. The van der Waals surface area contributed by atoms with Gasteiger partial charge in [0, 0.05) is 49.4 Å². The SMILES string of the molecule is Cc1cnc(CCNC(=O)N2CC(N)C3(CCC3)C2)c(C)c1. The fourth-order valence-corrected chi connectivity index (χ4v) is 3.71. The van der Waals surface area contributed by atoms with Gasteiger partial charge in [-0.1, -0.05) is 12.5 Å². The summed E-state index contributed by atoms with van der Waals surface area (Å²) in [6.45, 7) is 6.24. The zero-order valence-electron chi connectivity index (χ0n) is 13.6. The third-order valence-corrected chi connectivity index (χ3v) is 5.31. The molecule has 2 amide bonds. The molecule has 3 N–H and O–H groups in total. The smallest absolute Gasteiger partial charge is 0.317 e. The van der Waals surface area contributed by atoms with Gasteiger partial charge in [0.2, 0.25) is 0 Å². The maximum absolute atomic E-state index is 12.3. The molecule has 1 saturated carbocycles. The van der Waals surface area contributed by atoms with Crippen molar-refractivity contribution in [3.05, 3.63) is 29.1 Å². The number of rotatable bonds is 3. The fraction of sp³-hybridized carbons (Fsp3) is 0.647. The lowest BCUT2D eigenvalue weighted by Crippen LogP contribution is -2.45. The number of nitrogens with zero attached hydrogens (tertiary/aromatic N) is 2. The highest BCUT2D eigenvalue weighted by molar-refractivity contribution is 5.74. The number of aryl methyl sites for hydroxylation is 2. The number of urea groups is 1. The maximum atomic E-state index is 12.3. The quantitative estimate of drug-likeness (QED) is 0.894. The number of carbonyl (C=O) groups excluding carboxylic acids is 1. The molecule has 0 bridgehead atoms. The van der Waals surface area contributed by atoms with Gasteiger partial charge in [-0.15, -0.1) is 0 Å². The molecule has 2 fully saturated rings. The van der Waals surface area contributed by atoms with Gasteiger partial charge >= 0.3 is 6.03 Å². The van der Waals surface area contributed by atoms with Crippen LogP contribution in [0.5, 0.6) is 0 Å². The van der Waals surface area contributed by atoms with Gasteiger partial charge in [-0.25, -0.2) is 4.79 Å². The third kappa shape index (κ3) is 2.82. The summed E-state index contributed by atoms with van der Waals surface area (Å²) < 4.78 is 0. The molecule has 22 heavy (non-hydrogen) atoms. The molecule has 0 aromatic carbocycles. The zero-order valence-corrected chi connectivity index (χ0v) is 13.6. The van der Waals surface area contributed by atoms with E-state index in [4.69, 9.17) is 5.73 Å². The molecular weight excluding hydrogens is 276 g/mol. The molecule has 1 spiro atoms. The van der Waals surface area contributed by atoms with Crippen molar-refractivity contribution in [3.8, 4) is 0 Å². The van der Waals surface area contributed by atoms with E-state index in [1.807, 2.05) is 18.0 Å². The van der Waals surface area contributed by atoms with Crippen LogP contribution in [-0.4, -0.2) is 41.6 Å². The Bertz CT molecular complexity index is 568. The number of hydrogen-bond donors (Lipinski definition) is 2. The molecule has 5 heteroatoms. The minimum atomic E-state index is 0.0176. The Balaban J connectivity index is 1.49. The van der Waals surface area contributed by atoms with Crippen LogP contribution in [0.4, 0.5) is 4.79 Å². The Morgan fingerprint density at radius 1 is 1.50 bits per heavy atom. The largest absolute Gasteiger partial charge is 0.338 e. The summed E-state index contributed by atoms with van der Waals surface area (Å²) in [5.74, 6) is 0. The number of carbonyl (C=O) groups is 1. The van der Waals surface area contributed by atoms with Crippen LogP contribution in [0.1, 0.15) is 36.1 Å². The van der Waals surface area contributed by atoms with E-state index in [2.05, 4.69) is 23.3 Å². The van der Waals surface area contributed by atoms with Crippen LogP contribution in [0.15, 0.2) is 12.3 Å². The first-order chi connectivity index (χ1) is 10.5. The number of aromatic nitrogens is 1. The standard InChI is InChI=1S/C17H26N4O/c1-12-8-13(2)14(20-9-12)4-7-19-16(22)21-10-15(18)17(11-21)5-3-6-17/h8-9,15H,3-7,10-11,18H2,1-2H3,(H,19,22). The van der Waals surface area contributed by atoms with Crippen LogP contribution in [0.2, 0.25) is 0 Å². The van der Waals surface area contributed by atoms with Gasteiger partial charge in [0.15, 0.2) is 0 Å². The van der Waals surface area contributed by atoms with Crippen molar-refractivity contribution in [2.75, 3.05) is 19.6 Å². The van der Waals surface area contributed by atoms with Crippen LogP contribution in [-0.2, 0) is 6.42 Å². The third-order valence-electron chi connectivity index (χ3n) is 5.31. The van der Waals surface area contributed by atoms with Crippen molar-refractivity contribution in [3.63, 3.8) is 0 Å². The van der Waals surface area contributed by atoms with Gasteiger partial charge in [0.1, 0.15) is 0 Å². The zero-order chi connectivity index (χ0) is 15.7. The minimum absolute atomic E-state index is 0.0176. The Kier molecular flexibility index (Phi) is 4.08. The second-order valence-corrected chi connectivity index (χ2v) is 6.96. The Morgan fingerprint density at radius 3 is 2.86 bits per heavy atom. The first-order valence-corrected chi connectivity index (χ1v) is 8.21. The van der Waals surface area contributed by atoms with Crippen molar-refractivity contribution < 1.29 is 4.79 Å². The molecular formula is C17H26N4O. The van der Waals surface area contributed by atoms with Crippen molar-refractivity contribution in [2.24, 2.45) is 11.1 Å². The molecule has 0 radical (unpaired) electrons. The first kappa shape index (κ1) is 15.3. The second kappa shape index (κ2) is 5.88. The molecule has 1 aromatic rings. The van der Waals surface area contributed by atoms with Crippen LogP contribution >= 0.6 is 0 Å². The Labute approximate surface area is 132 Å². The molecule has 2 aliphatic rings. The predicted octanol–water partition coefficient (Wildman–Crippen LogP) is 1.76. The first-order valence-electron chi connectivity index (χ1n) is 8.21. The molecule has 3 rings (SSSR count). The minimum Gasteiger partial charge on any atom is -0.338 e. The van der Waals surface area contributed by atoms with Crippen molar-refractivity contribution in [1.29, 1.82) is 0 Å². The van der Waals surface area contributed by atoms with Crippen LogP contribution in [0, 0.1) is 19.3 Å². The second-order valence-electron chi connectivity index (χ2n) is 6.96. The Hall–Kier alpha value is -1.62. The molecule has 1 saturated heterocycles. The van der Waals surface area contributed by atoms with Crippen molar-refractivity contribution in [1.82, 2.24) is 15.2 Å². The topological polar surface area (TPSA) is 71.2 Å². The van der Waals surface area contributed by atoms with E-state index in [0.717, 1.165) is 18.7 Å². The molecule has 1 atom stereocenters. The lowest BCUT2D eigenvalue weighted by atomic mass is 9.66. The lowest BCUT2D eigenvalue weighted by Gasteiger charge is -2.41. The molecule has 120 valence electrons. The van der Waals surface area contributed by atoms with Crippen molar-refractivity contribution in [2.45, 2.75) is 45.6 Å². The van der Waals surface area contributed by atoms with Crippen LogP contribution in [0.25, 0.3) is 0 Å². The molecule has 1 unspecified atom stereocenters. The Morgan fingerprint density at radius 2 is 2.27 bits per heavy atom.